The number of hydrogen-bond donors (Lipinski definition) is 0. The second-order valence-electron chi connectivity index (χ2n) is 8.62. The van der Waals surface area contributed by atoms with E-state index in [0.29, 0.717) is 41.0 Å². The lowest BCUT2D eigenvalue weighted by Gasteiger charge is -2.28. The predicted molar refractivity (Wildman–Crippen MR) is 115 cm³/mol. The molecule has 2 aliphatic rings. The van der Waals surface area contributed by atoms with Crippen molar-refractivity contribution >= 4 is 47.6 Å². The topological polar surface area (TPSA) is 40.0 Å². The van der Waals surface area contributed by atoms with Gasteiger partial charge in [0, 0.05) is 12.1 Å². The number of aromatic nitrogens is 4. The quantitative estimate of drug-likeness (QED) is 0.311. The van der Waals surface area contributed by atoms with E-state index in [1.165, 1.54) is 12.1 Å². The molecule has 0 amide bonds. The molecule has 6 heterocycles. The maximum Gasteiger partial charge on any atom is 0.700 e. The molecule has 2 aliphatic heterocycles. The van der Waals surface area contributed by atoms with Crippen LogP contribution in [0.1, 0.15) is 22.5 Å². The fourth-order valence-corrected chi connectivity index (χ4v) is 5.17. The molecule has 0 bridgehead atoms. The number of pyridine rings is 4. The van der Waals surface area contributed by atoms with Gasteiger partial charge in [-0.05, 0) is 63.1 Å². The molecule has 6 rings (SSSR count). The third kappa shape index (κ3) is 2.12. The van der Waals surface area contributed by atoms with Gasteiger partial charge in [-0.2, -0.15) is 0 Å². The second-order valence-corrected chi connectivity index (χ2v) is 8.62. The zero-order chi connectivity index (χ0) is 22.7. The van der Waals surface area contributed by atoms with E-state index in [-0.39, 0.29) is 22.9 Å². The Bertz CT molecular complexity index is 1400. The fraction of sp³-hybridized carbons (Fsp3) is 0.200. The number of aryl methyl sites for hydroxylation is 4. The summed E-state index contributed by atoms with van der Waals surface area (Å²) < 4.78 is 65.2. The molecule has 0 fully saturated rings. The van der Waals surface area contributed by atoms with Gasteiger partial charge in [0.15, 0.2) is 11.6 Å². The van der Waals surface area contributed by atoms with Crippen LogP contribution in [-0.2, 0) is 0 Å². The first kappa shape index (κ1) is 19.3. The number of anilines is 2. The van der Waals surface area contributed by atoms with Crippen LogP contribution >= 0.6 is 0 Å². The van der Waals surface area contributed by atoms with Crippen molar-refractivity contribution in [3.63, 3.8) is 0 Å². The molecule has 32 heavy (non-hydrogen) atoms. The lowest BCUT2D eigenvalue weighted by atomic mass is 9.94. The minimum Gasteiger partial charge on any atom is -0.405 e. The molecular weight excluding hydrogens is 422 g/mol. The molecule has 162 valence electrons. The molecule has 0 saturated carbocycles. The van der Waals surface area contributed by atoms with Gasteiger partial charge in [0.1, 0.15) is 11.4 Å². The zero-order valence-corrected chi connectivity index (χ0v) is 17.8. The maximum absolute atomic E-state index is 16.0. The Morgan fingerprint density at radius 2 is 1.03 bits per heavy atom. The van der Waals surface area contributed by atoms with Crippen LogP contribution in [0.2, 0.25) is 0 Å². The molecule has 6 nitrogen and oxygen atoms in total. The minimum atomic E-state index is -4.64. The summed E-state index contributed by atoms with van der Waals surface area (Å²) in [6, 6.07) is 9.34. The van der Waals surface area contributed by atoms with E-state index in [0.717, 1.165) is 11.1 Å². The summed E-state index contributed by atoms with van der Waals surface area (Å²) >= 11 is 0. The summed E-state index contributed by atoms with van der Waals surface area (Å²) in [5.74, 6) is -0.600. The number of fused-ring (bicyclic) bond motifs is 9. The van der Waals surface area contributed by atoms with Crippen molar-refractivity contribution in [2.45, 2.75) is 27.7 Å². The number of nitrogens with zero attached hydrogens (tertiary/aromatic N) is 6. The van der Waals surface area contributed by atoms with Gasteiger partial charge in [0.2, 0.25) is 11.3 Å². The monoisotopic (exact) mass is 440 g/mol. The Kier molecular flexibility index (Phi) is 3.42. The van der Waals surface area contributed by atoms with Crippen molar-refractivity contribution in [3.05, 3.63) is 58.9 Å². The first-order chi connectivity index (χ1) is 15.0. The molecule has 4 aromatic rings. The average molecular weight is 440 g/mol. The van der Waals surface area contributed by atoms with Crippen LogP contribution in [0.25, 0.3) is 22.1 Å². The standard InChI is InChI=1S/C20H18B2F4N6/c1-11-9-13(3)27-19-15(11)5-7-17-29(19)21(23,24)32-18-8-6-16-12(2)10-14(4)28-20(16)30(18)22(25,26)31(17)32/h5-10H,1-4H3. The summed E-state index contributed by atoms with van der Waals surface area (Å²) in [5, 5.41) is 0.997. The smallest absolute Gasteiger partial charge is 0.405 e. The third-order valence-electron chi connectivity index (χ3n) is 6.41. The zero-order valence-electron chi connectivity index (χ0n) is 17.8. The van der Waals surface area contributed by atoms with Gasteiger partial charge in [-0.25, -0.2) is 0 Å². The third-order valence-corrected chi connectivity index (χ3v) is 6.41. The largest absolute Gasteiger partial charge is 0.700 e. The van der Waals surface area contributed by atoms with Gasteiger partial charge in [-0.15, -0.1) is 9.97 Å². The normalized spacial score (nSPS) is 17.8. The number of hydrazine groups is 1. The summed E-state index contributed by atoms with van der Waals surface area (Å²) in [4.78, 5) is 9.44. The van der Waals surface area contributed by atoms with Gasteiger partial charge in [-0.3, -0.25) is 9.84 Å². The van der Waals surface area contributed by atoms with Gasteiger partial charge >= 0.3 is 13.9 Å². The van der Waals surface area contributed by atoms with Gasteiger partial charge in [0.25, 0.3) is 0 Å². The molecule has 0 radical (unpaired) electrons. The highest BCUT2D eigenvalue weighted by Crippen LogP contribution is 2.42. The molecule has 0 N–H and O–H groups in total. The number of halogens is 4. The molecule has 4 aromatic heterocycles. The summed E-state index contributed by atoms with van der Waals surface area (Å²) in [7, 11) is 0. The van der Waals surface area contributed by atoms with Crippen LogP contribution in [0.4, 0.5) is 28.9 Å². The van der Waals surface area contributed by atoms with Crippen LogP contribution in [0, 0.1) is 27.7 Å². The van der Waals surface area contributed by atoms with E-state index in [2.05, 4.69) is 9.97 Å². The number of rotatable bonds is 0. The van der Waals surface area contributed by atoms with Crippen molar-refractivity contribution in [2.24, 2.45) is 0 Å². The van der Waals surface area contributed by atoms with E-state index in [9.17, 15) is 0 Å². The summed E-state index contributed by atoms with van der Waals surface area (Å²) in [6.07, 6.45) is 0. The van der Waals surface area contributed by atoms with E-state index >= 15 is 17.3 Å². The highest BCUT2D eigenvalue weighted by molar-refractivity contribution is 6.73. The lowest BCUT2D eigenvalue weighted by Crippen LogP contribution is -2.66. The molecule has 0 spiro atoms. The summed E-state index contributed by atoms with van der Waals surface area (Å²) in [6.45, 7) is -2.31. The van der Waals surface area contributed by atoms with Crippen LogP contribution in [0.15, 0.2) is 36.4 Å². The van der Waals surface area contributed by atoms with Crippen LogP contribution in [-0.4, -0.2) is 23.9 Å². The second kappa shape index (κ2) is 5.67. The van der Waals surface area contributed by atoms with Crippen LogP contribution in [0.5, 0.6) is 0 Å². The molecule has 0 atom stereocenters. The van der Waals surface area contributed by atoms with E-state index in [1.54, 1.807) is 52.0 Å². The van der Waals surface area contributed by atoms with E-state index < -0.39 is 13.9 Å². The van der Waals surface area contributed by atoms with Gasteiger partial charge in [-0.1, -0.05) is 0 Å². The number of hydrogen-bond acceptors (Lipinski definition) is 4. The molecule has 0 aromatic carbocycles. The first-order valence-electron chi connectivity index (χ1n) is 10.3. The SMILES string of the molecule is Cc1cc(C)c2ccc3[n+](c2n1)[B-](F)(F)N1c2ccc4c(C)cc(C)nc4[n+]2[B-](F)(F)N31. The average Bonchev–Trinajstić information content (AvgIpc) is 3.09. The Morgan fingerprint density at radius 3 is 1.41 bits per heavy atom. The molecule has 0 saturated heterocycles. The highest BCUT2D eigenvalue weighted by atomic mass is 19.3. The predicted octanol–water partition coefficient (Wildman–Crippen LogP) is 3.29. The van der Waals surface area contributed by atoms with Gasteiger partial charge in [0.05, 0.1) is 10.8 Å². The Hall–Kier alpha value is -3.43. The Balaban J connectivity index is 1.71. The van der Waals surface area contributed by atoms with E-state index in [1.807, 2.05) is 0 Å². The van der Waals surface area contributed by atoms with Crippen molar-refractivity contribution in [2.75, 3.05) is 9.84 Å². The van der Waals surface area contributed by atoms with Gasteiger partial charge < -0.3 is 26.2 Å². The molecule has 0 unspecified atom stereocenters. The Morgan fingerprint density at radius 1 is 0.656 bits per heavy atom. The van der Waals surface area contributed by atoms with E-state index in [4.69, 9.17) is 0 Å². The van der Waals surface area contributed by atoms with Crippen molar-refractivity contribution < 1.29 is 26.2 Å². The fourth-order valence-electron chi connectivity index (χ4n) is 5.17. The highest BCUT2D eigenvalue weighted by Gasteiger charge is 2.70. The minimum absolute atomic E-state index is 0.0110. The van der Waals surface area contributed by atoms with Crippen LogP contribution < -0.4 is 18.8 Å². The molecular formula is C20H18B2F4N6. The first-order valence-corrected chi connectivity index (χ1v) is 10.3. The van der Waals surface area contributed by atoms with Crippen LogP contribution in [0.3, 0.4) is 0 Å². The molecule has 0 aliphatic carbocycles. The Labute approximate surface area is 180 Å². The molecule has 12 heteroatoms. The maximum atomic E-state index is 16.0. The van der Waals surface area contributed by atoms with Crippen molar-refractivity contribution in [1.82, 2.24) is 9.97 Å². The van der Waals surface area contributed by atoms with Crippen molar-refractivity contribution in [3.8, 4) is 0 Å². The lowest BCUT2D eigenvalue weighted by molar-refractivity contribution is -0.533. The van der Waals surface area contributed by atoms with Crippen molar-refractivity contribution in [1.29, 1.82) is 0 Å². The summed E-state index contributed by atoms with van der Waals surface area (Å²) in [5.41, 5.74) is 2.57.